The molecule has 1 aliphatic rings. The number of methoxy groups -OCH3 is 1. The highest BCUT2D eigenvalue weighted by atomic mass is 16.5. The van der Waals surface area contributed by atoms with Gasteiger partial charge < -0.3 is 19.9 Å². The fourth-order valence-electron chi connectivity index (χ4n) is 3.22. The minimum Gasteiger partial charge on any atom is -0.497 e. The molecule has 2 heterocycles. The summed E-state index contributed by atoms with van der Waals surface area (Å²) in [5, 5.41) is 4.12. The molecule has 1 fully saturated rings. The molecule has 1 aromatic heterocycles. The highest BCUT2D eigenvalue weighted by molar-refractivity contribution is 5.89. The van der Waals surface area contributed by atoms with Crippen LogP contribution in [0.4, 0.5) is 0 Å². The minimum atomic E-state index is 0.0559. The summed E-state index contributed by atoms with van der Waals surface area (Å²) in [6.07, 6.45) is 2.28. The largest absolute Gasteiger partial charge is 0.497 e. The van der Waals surface area contributed by atoms with E-state index in [4.69, 9.17) is 4.74 Å². The van der Waals surface area contributed by atoms with Crippen molar-refractivity contribution < 1.29 is 9.53 Å². The topological polar surface area (TPSA) is 60.6 Å². The van der Waals surface area contributed by atoms with E-state index in [2.05, 4.69) is 34.2 Å². The van der Waals surface area contributed by atoms with Crippen LogP contribution < -0.4 is 10.1 Å². The van der Waals surface area contributed by atoms with E-state index in [9.17, 15) is 4.79 Å². The number of carbonyl (C=O) groups excluding carboxylic acids is 1. The van der Waals surface area contributed by atoms with E-state index >= 15 is 0 Å². The van der Waals surface area contributed by atoms with Crippen LogP contribution in [0.5, 0.6) is 5.75 Å². The van der Waals surface area contributed by atoms with Gasteiger partial charge >= 0.3 is 0 Å². The first-order valence-electron chi connectivity index (χ1n) is 8.36. The van der Waals surface area contributed by atoms with Crippen LogP contribution in [0.2, 0.25) is 0 Å². The fourth-order valence-corrected chi connectivity index (χ4v) is 3.22. The van der Waals surface area contributed by atoms with Gasteiger partial charge in [-0.2, -0.15) is 0 Å². The highest BCUT2D eigenvalue weighted by Gasteiger charge is 2.22. The van der Waals surface area contributed by atoms with Gasteiger partial charge in [0.05, 0.1) is 13.5 Å². The summed E-state index contributed by atoms with van der Waals surface area (Å²) >= 11 is 0. The number of nitrogens with zero attached hydrogens (tertiary/aromatic N) is 2. The Labute approximate surface area is 142 Å². The number of piperazine rings is 1. The molecule has 2 aromatic rings. The summed E-state index contributed by atoms with van der Waals surface area (Å²) in [6.45, 7) is 3.80. The third kappa shape index (κ3) is 3.71. The lowest BCUT2D eigenvalue weighted by molar-refractivity contribution is -0.120. The van der Waals surface area contributed by atoms with Gasteiger partial charge in [-0.15, -0.1) is 0 Å². The number of benzene rings is 1. The Morgan fingerprint density at radius 2 is 2.21 bits per heavy atom. The Morgan fingerprint density at radius 1 is 1.38 bits per heavy atom. The van der Waals surface area contributed by atoms with Crippen molar-refractivity contribution in [2.45, 2.75) is 12.5 Å². The fraction of sp³-hybridized carbons (Fsp3) is 0.500. The lowest BCUT2D eigenvalue weighted by atomic mass is 10.1. The van der Waals surface area contributed by atoms with Gasteiger partial charge in [0.1, 0.15) is 5.75 Å². The SMILES string of the molecule is COc1ccc2[nH]cc(CC(=O)NCC3CN(C)CCN3C)c2c1. The molecule has 1 unspecified atom stereocenters. The molecule has 2 N–H and O–H groups in total. The van der Waals surface area contributed by atoms with Crippen molar-refractivity contribution in [3.63, 3.8) is 0 Å². The molecule has 1 atom stereocenters. The molecule has 6 heteroatoms. The van der Waals surface area contributed by atoms with Crippen molar-refractivity contribution in [3.05, 3.63) is 30.0 Å². The van der Waals surface area contributed by atoms with Gasteiger partial charge in [0, 0.05) is 49.3 Å². The predicted octanol–water partition coefficient (Wildman–Crippen LogP) is 1.08. The average Bonchev–Trinajstić information content (AvgIpc) is 2.97. The normalized spacial score (nSPS) is 19.5. The molecule has 1 aromatic carbocycles. The molecule has 0 spiro atoms. The molecule has 1 amide bonds. The molecule has 130 valence electrons. The van der Waals surface area contributed by atoms with Crippen LogP contribution in [0, 0.1) is 0 Å². The first-order valence-corrected chi connectivity index (χ1v) is 8.36. The van der Waals surface area contributed by atoms with E-state index < -0.39 is 0 Å². The number of hydrogen-bond acceptors (Lipinski definition) is 4. The summed E-state index contributed by atoms with van der Waals surface area (Å²) in [4.78, 5) is 20.2. The van der Waals surface area contributed by atoms with Crippen LogP contribution in [0.15, 0.2) is 24.4 Å². The number of nitrogens with one attached hydrogen (secondary N) is 2. The zero-order valence-electron chi connectivity index (χ0n) is 14.6. The van der Waals surface area contributed by atoms with Gasteiger partial charge in [0.15, 0.2) is 0 Å². The van der Waals surface area contributed by atoms with Gasteiger partial charge in [-0.25, -0.2) is 0 Å². The second-order valence-electron chi connectivity index (χ2n) is 6.60. The van der Waals surface area contributed by atoms with Crippen LogP contribution in [-0.4, -0.2) is 74.1 Å². The Kier molecular flexibility index (Phi) is 5.06. The van der Waals surface area contributed by atoms with Crippen LogP contribution in [0.3, 0.4) is 0 Å². The molecule has 1 aliphatic heterocycles. The quantitative estimate of drug-likeness (QED) is 0.861. The Balaban J connectivity index is 1.60. The second-order valence-corrected chi connectivity index (χ2v) is 6.60. The third-order valence-corrected chi connectivity index (χ3v) is 4.84. The van der Waals surface area contributed by atoms with Crippen molar-refractivity contribution in [2.24, 2.45) is 0 Å². The van der Waals surface area contributed by atoms with Gasteiger partial charge in [-0.3, -0.25) is 9.69 Å². The molecule has 6 nitrogen and oxygen atoms in total. The Bertz CT molecular complexity index is 712. The monoisotopic (exact) mass is 330 g/mol. The van der Waals surface area contributed by atoms with Crippen LogP contribution >= 0.6 is 0 Å². The van der Waals surface area contributed by atoms with Gasteiger partial charge in [0.2, 0.25) is 5.91 Å². The summed E-state index contributed by atoms with van der Waals surface area (Å²) in [7, 11) is 5.90. The first kappa shape index (κ1) is 16.8. The third-order valence-electron chi connectivity index (χ3n) is 4.84. The Hall–Kier alpha value is -2.05. The molecule has 24 heavy (non-hydrogen) atoms. The van der Waals surface area contributed by atoms with E-state index in [-0.39, 0.29) is 5.91 Å². The molecule has 3 rings (SSSR count). The van der Waals surface area contributed by atoms with Gasteiger partial charge in [0.25, 0.3) is 0 Å². The van der Waals surface area contributed by atoms with Crippen molar-refractivity contribution in [1.29, 1.82) is 0 Å². The summed E-state index contributed by atoms with van der Waals surface area (Å²) in [5.74, 6) is 0.857. The second kappa shape index (κ2) is 7.23. The maximum Gasteiger partial charge on any atom is 0.224 e. The van der Waals surface area contributed by atoms with E-state index in [1.807, 2.05) is 24.4 Å². The zero-order valence-corrected chi connectivity index (χ0v) is 14.6. The summed E-state index contributed by atoms with van der Waals surface area (Å²) < 4.78 is 5.28. The van der Waals surface area contributed by atoms with Gasteiger partial charge in [-0.05, 0) is 37.9 Å². The number of carbonyl (C=O) groups is 1. The number of amides is 1. The maximum absolute atomic E-state index is 12.4. The number of fused-ring (bicyclic) bond motifs is 1. The highest BCUT2D eigenvalue weighted by Crippen LogP contribution is 2.23. The molecule has 0 saturated carbocycles. The first-order chi connectivity index (χ1) is 11.6. The standard InChI is InChI=1S/C18H26N4O2/c1-21-6-7-22(2)14(12-21)11-20-18(23)8-13-10-19-17-5-4-15(24-3)9-16(13)17/h4-5,9-10,14,19H,6-8,11-12H2,1-3H3,(H,20,23). The van der Waals surface area contributed by atoms with Crippen molar-refractivity contribution in [2.75, 3.05) is 47.4 Å². The van der Waals surface area contributed by atoms with E-state index in [0.29, 0.717) is 19.0 Å². The number of hydrogen-bond donors (Lipinski definition) is 2. The number of aromatic amines is 1. The maximum atomic E-state index is 12.4. The van der Waals surface area contributed by atoms with E-state index in [0.717, 1.165) is 41.9 Å². The number of ether oxygens (including phenoxy) is 1. The predicted molar refractivity (Wildman–Crippen MR) is 95.5 cm³/mol. The lowest BCUT2D eigenvalue weighted by Gasteiger charge is -2.37. The molecular formula is C18H26N4O2. The van der Waals surface area contributed by atoms with Crippen LogP contribution in [0.25, 0.3) is 10.9 Å². The number of aromatic nitrogens is 1. The zero-order chi connectivity index (χ0) is 17.1. The molecular weight excluding hydrogens is 304 g/mol. The summed E-state index contributed by atoms with van der Waals surface area (Å²) in [5.41, 5.74) is 2.02. The summed E-state index contributed by atoms with van der Waals surface area (Å²) in [6, 6.07) is 6.23. The number of likely N-dealkylation sites (N-methyl/N-ethyl adjacent to an activating group) is 2. The van der Waals surface area contributed by atoms with E-state index in [1.165, 1.54) is 0 Å². The molecule has 0 bridgehead atoms. The average molecular weight is 330 g/mol. The minimum absolute atomic E-state index is 0.0559. The number of H-pyrrole nitrogens is 1. The van der Waals surface area contributed by atoms with Crippen molar-refractivity contribution in [1.82, 2.24) is 20.1 Å². The van der Waals surface area contributed by atoms with Crippen LogP contribution in [-0.2, 0) is 11.2 Å². The molecule has 0 aliphatic carbocycles. The van der Waals surface area contributed by atoms with E-state index in [1.54, 1.807) is 7.11 Å². The number of rotatable bonds is 5. The van der Waals surface area contributed by atoms with Crippen molar-refractivity contribution in [3.8, 4) is 5.75 Å². The smallest absolute Gasteiger partial charge is 0.224 e. The lowest BCUT2D eigenvalue weighted by Crippen LogP contribution is -2.54. The Morgan fingerprint density at radius 3 is 3.00 bits per heavy atom. The molecule has 0 radical (unpaired) electrons. The molecule has 1 saturated heterocycles. The van der Waals surface area contributed by atoms with Crippen molar-refractivity contribution >= 4 is 16.8 Å². The van der Waals surface area contributed by atoms with Gasteiger partial charge in [-0.1, -0.05) is 0 Å². The van der Waals surface area contributed by atoms with Crippen LogP contribution in [0.1, 0.15) is 5.56 Å².